The van der Waals surface area contributed by atoms with Crippen molar-refractivity contribution in [2.24, 2.45) is 0 Å². The van der Waals surface area contributed by atoms with Crippen molar-refractivity contribution in [3.05, 3.63) is 66.2 Å². The molecule has 0 spiro atoms. The normalized spacial score (nSPS) is 10.6. The molecule has 0 saturated carbocycles. The van der Waals surface area contributed by atoms with Crippen molar-refractivity contribution in [3.8, 4) is 17.1 Å². The first-order valence-electron chi connectivity index (χ1n) is 5.98. The van der Waals surface area contributed by atoms with Gasteiger partial charge in [0.1, 0.15) is 12.1 Å². The molecule has 0 radical (unpaired) electrons. The van der Waals surface area contributed by atoms with Crippen LogP contribution >= 0.6 is 0 Å². The number of para-hydroxylation sites is 1. The van der Waals surface area contributed by atoms with Gasteiger partial charge in [-0.2, -0.15) is 0 Å². The second kappa shape index (κ2) is 4.65. The molecule has 1 aromatic heterocycles. The van der Waals surface area contributed by atoms with Gasteiger partial charge in [0.25, 0.3) is 0 Å². The average molecular weight is 253 g/mol. The first kappa shape index (κ1) is 11.6. The molecule has 0 saturated heterocycles. The molecule has 2 aromatic carbocycles. The molecule has 19 heavy (non-hydrogen) atoms. The quantitative estimate of drug-likeness (QED) is 0.701. The van der Waals surface area contributed by atoms with Gasteiger partial charge in [-0.15, -0.1) is 10.2 Å². The van der Waals surface area contributed by atoms with Crippen LogP contribution in [0.3, 0.4) is 0 Å². The van der Waals surface area contributed by atoms with E-state index >= 15 is 0 Å². The average Bonchev–Trinajstić information content (AvgIpc) is 2.92. The van der Waals surface area contributed by atoms with E-state index in [0.29, 0.717) is 17.0 Å². The summed E-state index contributed by atoms with van der Waals surface area (Å²) in [7, 11) is 0. The fourth-order valence-corrected chi connectivity index (χ4v) is 2.02. The van der Waals surface area contributed by atoms with Gasteiger partial charge in [-0.05, 0) is 30.7 Å². The van der Waals surface area contributed by atoms with Gasteiger partial charge >= 0.3 is 0 Å². The van der Waals surface area contributed by atoms with Gasteiger partial charge in [0, 0.05) is 5.69 Å². The molecule has 3 nitrogen and oxygen atoms in total. The van der Waals surface area contributed by atoms with E-state index in [1.807, 2.05) is 36.4 Å². The summed E-state index contributed by atoms with van der Waals surface area (Å²) in [5.74, 6) is 0.250. The third-order valence-corrected chi connectivity index (χ3v) is 3.01. The highest BCUT2D eigenvalue weighted by atomic mass is 19.1. The number of aryl methyl sites for hydroxylation is 1. The number of rotatable bonds is 2. The Morgan fingerprint density at radius 2 is 1.79 bits per heavy atom. The lowest BCUT2D eigenvalue weighted by Gasteiger charge is -2.08. The van der Waals surface area contributed by atoms with Crippen LogP contribution in [0, 0.1) is 12.7 Å². The fraction of sp³-hybridized carbons (Fsp3) is 0.0667. The molecule has 0 aliphatic heterocycles. The smallest absolute Gasteiger partial charge is 0.171 e. The Kier molecular flexibility index (Phi) is 2.83. The Hall–Kier alpha value is -2.49. The number of halogens is 1. The van der Waals surface area contributed by atoms with Crippen LogP contribution in [0.25, 0.3) is 17.1 Å². The number of nitrogens with zero attached hydrogens (tertiary/aromatic N) is 3. The van der Waals surface area contributed by atoms with E-state index in [-0.39, 0.29) is 5.82 Å². The molecule has 4 heteroatoms. The standard InChI is InChI=1S/C15H12FN3/c1-11-6-5-9-13(14(11)16)15-18-17-10-19(15)12-7-3-2-4-8-12/h2-10H,1H3. The highest BCUT2D eigenvalue weighted by molar-refractivity contribution is 5.60. The van der Waals surface area contributed by atoms with E-state index in [1.54, 1.807) is 30.0 Å². The zero-order chi connectivity index (χ0) is 13.2. The van der Waals surface area contributed by atoms with Crippen LogP contribution in [0.2, 0.25) is 0 Å². The number of aromatic nitrogens is 3. The topological polar surface area (TPSA) is 30.7 Å². The highest BCUT2D eigenvalue weighted by Crippen LogP contribution is 2.24. The molecule has 0 atom stereocenters. The van der Waals surface area contributed by atoms with Crippen molar-refractivity contribution in [1.29, 1.82) is 0 Å². The molecular weight excluding hydrogens is 241 g/mol. The number of hydrogen-bond donors (Lipinski definition) is 0. The summed E-state index contributed by atoms with van der Waals surface area (Å²) in [5.41, 5.74) is 1.96. The summed E-state index contributed by atoms with van der Waals surface area (Å²) in [6, 6.07) is 14.9. The molecular formula is C15H12FN3. The minimum absolute atomic E-state index is 0.257. The van der Waals surface area contributed by atoms with E-state index in [9.17, 15) is 4.39 Å². The summed E-state index contributed by atoms with van der Waals surface area (Å²) in [6.07, 6.45) is 1.59. The lowest BCUT2D eigenvalue weighted by Crippen LogP contribution is -1.98. The third kappa shape index (κ3) is 2.01. The SMILES string of the molecule is Cc1cccc(-c2nncn2-c2ccccc2)c1F. The Labute approximate surface area is 110 Å². The molecule has 3 aromatic rings. The van der Waals surface area contributed by atoms with E-state index in [4.69, 9.17) is 0 Å². The van der Waals surface area contributed by atoms with Crippen LogP contribution in [0.5, 0.6) is 0 Å². The van der Waals surface area contributed by atoms with Crippen molar-refractivity contribution in [2.45, 2.75) is 6.92 Å². The number of benzene rings is 2. The monoisotopic (exact) mass is 253 g/mol. The van der Waals surface area contributed by atoms with Gasteiger partial charge in [0.15, 0.2) is 5.82 Å². The van der Waals surface area contributed by atoms with Crippen LogP contribution in [-0.4, -0.2) is 14.8 Å². The lowest BCUT2D eigenvalue weighted by molar-refractivity contribution is 0.620. The molecule has 3 rings (SSSR count). The minimum Gasteiger partial charge on any atom is -0.282 e. The maximum absolute atomic E-state index is 14.2. The zero-order valence-electron chi connectivity index (χ0n) is 10.4. The molecule has 1 heterocycles. The van der Waals surface area contributed by atoms with Gasteiger partial charge in [-0.3, -0.25) is 4.57 Å². The van der Waals surface area contributed by atoms with Crippen molar-refractivity contribution >= 4 is 0 Å². The first-order valence-corrected chi connectivity index (χ1v) is 5.98. The Bertz CT molecular complexity index is 704. The zero-order valence-corrected chi connectivity index (χ0v) is 10.4. The second-order valence-electron chi connectivity index (χ2n) is 4.30. The van der Waals surface area contributed by atoms with E-state index in [0.717, 1.165) is 5.69 Å². The van der Waals surface area contributed by atoms with Crippen molar-refractivity contribution < 1.29 is 4.39 Å². The predicted molar refractivity (Wildman–Crippen MR) is 71.5 cm³/mol. The van der Waals surface area contributed by atoms with Gasteiger partial charge in [-0.1, -0.05) is 30.3 Å². The van der Waals surface area contributed by atoms with E-state index in [2.05, 4.69) is 10.2 Å². The van der Waals surface area contributed by atoms with Crippen LogP contribution in [0.15, 0.2) is 54.9 Å². The highest BCUT2D eigenvalue weighted by Gasteiger charge is 2.14. The Morgan fingerprint density at radius 3 is 2.58 bits per heavy atom. The summed E-state index contributed by atoms with van der Waals surface area (Å²) in [4.78, 5) is 0. The Morgan fingerprint density at radius 1 is 1.00 bits per heavy atom. The number of hydrogen-bond acceptors (Lipinski definition) is 2. The van der Waals surface area contributed by atoms with Crippen molar-refractivity contribution in [2.75, 3.05) is 0 Å². The van der Waals surface area contributed by atoms with Crippen LogP contribution < -0.4 is 0 Å². The molecule has 0 amide bonds. The summed E-state index contributed by atoms with van der Waals surface area (Å²) >= 11 is 0. The minimum atomic E-state index is -0.257. The van der Waals surface area contributed by atoms with Gasteiger partial charge in [0.2, 0.25) is 0 Å². The predicted octanol–water partition coefficient (Wildman–Crippen LogP) is 3.38. The van der Waals surface area contributed by atoms with Crippen molar-refractivity contribution in [3.63, 3.8) is 0 Å². The third-order valence-electron chi connectivity index (χ3n) is 3.01. The van der Waals surface area contributed by atoms with Crippen LogP contribution in [-0.2, 0) is 0 Å². The fourth-order valence-electron chi connectivity index (χ4n) is 2.02. The van der Waals surface area contributed by atoms with Gasteiger partial charge < -0.3 is 0 Å². The molecule has 0 N–H and O–H groups in total. The summed E-state index contributed by atoms with van der Waals surface area (Å²) in [5, 5.41) is 7.93. The maximum Gasteiger partial charge on any atom is 0.171 e. The molecule has 94 valence electrons. The molecule has 0 aliphatic rings. The molecule has 0 fully saturated rings. The van der Waals surface area contributed by atoms with Crippen LogP contribution in [0.4, 0.5) is 4.39 Å². The first-order chi connectivity index (χ1) is 9.27. The molecule has 0 aliphatic carbocycles. The van der Waals surface area contributed by atoms with Gasteiger partial charge in [0.05, 0.1) is 5.56 Å². The largest absolute Gasteiger partial charge is 0.282 e. The summed E-state index contributed by atoms with van der Waals surface area (Å²) < 4.78 is 16.0. The van der Waals surface area contributed by atoms with E-state index < -0.39 is 0 Å². The van der Waals surface area contributed by atoms with Crippen LogP contribution in [0.1, 0.15) is 5.56 Å². The van der Waals surface area contributed by atoms with Gasteiger partial charge in [-0.25, -0.2) is 4.39 Å². The van der Waals surface area contributed by atoms with Crippen molar-refractivity contribution in [1.82, 2.24) is 14.8 Å². The molecule has 0 unspecified atom stereocenters. The summed E-state index contributed by atoms with van der Waals surface area (Å²) in [6.45, 7) is 1.74. The van der Waals surface area contributed by atoms with E-state index in [1.165, 1.54) is 0 Å². The molecule has 0 bridgehead atoms. The Balaban J connectivity index is 2.18. The lowest BCUT2D eigenvalue weighted by atomic mass is 10.1. The second-order valence-corrected chi connectivity index (χ2v) is 4.30. The maximum atomic E-state index is 14.2.